The molecule has 0 fully saturated rings. The summed E-state index contributed by atoms with van der Waals surface area (Å²) in [6, 6.07) is 12.2. The number of aromatic nitrogens is 2. The van der Waals surface area contributed by atoms with Gasteiger partial charge in [-0.15, -0.1) is 0 Å². The lowest BCUT2D eigenvalue weighted by atomic mass is 10.2. The summed E-state index contributed by atoms with van der Waals surface area (Å²) in [5, 5.41) is 9.53. The van der Waals surface area contributed by atoms with E-state index in [0.29, 0.717) is 33.7 Å². The molecule has 0 saturated carbocycles. The standard InChI is InChI=1S/C17H12ClN3O3/c1-22-14-7-12-13(8-15(14)23-2)20-17(18)21-16(12)24-11-5-3-10(9-19)4-6-11/h3-8H,1-2H3. The summed E-state index contributed by atoms with van der Waals surface area (Å²) in [7, 11) is 3.09. The fourth-order valence-corrected chi connectivity index (χ4v) is 2.36. The van der Waals surface area contributed by atoms with Crippen LogP contribution in [-0.2, 0) is 0 Å². The molecule has 0 N–H and O–H groups in total. The van der Waals surface area contributed by atoms with E-state index >= 15 is 0 Å². The van der Waals surface area contributed by atoms with Gasteiger partial charge < -0.3 is 14.2 Å². The Hall–Kier alpha value is -3.04. The van der Waals surface area contributed by atoms with Gasteiger partial charge >= 0.3 is 0 Å². The quantitative estimate of drug-likeness (QED) is 0.668. The zero-order valence-electron chi connectivity index (χ0n) is 12.9. The van der Waals surface area contributed by atoms with Crippen LogP contribution in [0.15, 0.2) is 36.4 Å². The summed E-state index contributed by atoms with van der Waals surface area (Å²) in [6.07, 6.45) is 0. The van der Waals surface area contributed by atoms with Gasteiger partial charge in [-0.2, -0.15) is 10.2 Å². The van der Waals surface area contributed by atoms with Crippen LogP contribution in [0, 0.1) is 11.3 Å². The fraction of sp³-hybridized carbons (Fsp3) is 0.118. The third-order valence-corrected chi connectivity index (χ3v) is 3.51. The SMILES string of the molecule is COc1cc2nc(Cl)nc(Oc3ccc(C#N)cc3)c2cc1OC. The van der Waals surface area contributed by atoms with Crippen molar-refractivity contribution in [3.05, 3.63) is 47.2 Å². The van der Waals surface area contributed by atoms with E-state index in [0.717, 1.165) is 0 Å². The molecule has 3 rings (SSSR count). The molecule has 3 aromatic rings. The maximum Gasteiger partial charge on any atom is 0.231 e. The number of nitriles is 1. The molecule has 0 bridgehead atoms. The van der Waals surface area contributed by atoms with E-state index in [9.17, 15) is 0 Å². The van der Waals surface area contributed by atoms with E-state index in [-0.39, 0.29) is 11.2 Å². The van der Waals surface area contributed by atoms with Crippen LogP contribution in [0.25, 0.3) is 10.9 Å². The van der Waals surface area contributed by atoms with Gasteiger partial charge in [0, 0.05) is 6.07 Å². The Kier molecular flexibility index (Phi) is 4.36. The van der Waals surface area contributed by atoms with Gasteiger partial charge in [-0.05, 0) is 41.9 Å². The lowest BCUT2D eigenvalue weighted by molar-refractivity contribution is 0.355. The second-order valence-corrected chi connectivity index (χ2v) is 5.10. The highest BCUT2D eigenvalue weighted by Gasteiger charge is 2.14. The molecular formula is C17H12ClN3O3. The smallest absolute Gasteiger partial charge is 0.231 e. The van der Waals surface area contributed by atoms with E-state index in [1.165, 1.54) is 0 Å². The van der Waals surface area contributed by atoms with Crippen LogP contribution in [0.4, 0.5) is 0 Å². The highest BCUT2D eigenvalue weighted by Crippen LogP contribution is 2.36. The zero-order valence-corrected chi connectivity index (χ0v) is 13.7. The third-order valence-electron chi connectivity index (χ3n) is 3.34. The Morgan fingerprint density at radius 1 is 1.00 bits per heavy atom. The minimum Gasteiger partial charge on any atom is -0.493 e. The summed E-state index contributed by atoms with van der Waals surface area (Å²) >= 11 is 5.99. The van der Waals surface area contributed by atoms with Crippen LogP contribution < -0.4 is 14.2 Å². The van der Waals surface area contributed by atoms with Crippen molar-refractivity contribution < 1.29 is 14.2 Å². The molecule has 1 aromatic heterocycles. The maximum absolute atomic E-state index is 8.85. The number of ether oxygens (including phenoxy) is 3. The second-order valence-electron chi connectivity index (χ2n) is 4.76. The monoisotopic (exact) mass is 341 g/mol. The summed E-state index contributed by atoms with van der Waals surface area (Å²) < 4.78 is 16.4. The summed E-state index contributed by atoms with van der Waals surface area (Å²) in [5.41, 5.74) is 1.11. The molecule has 0 unspecified atom stereocenters. The largest absolute Gasteiger partial charge is 0.493 e. The average Bonchev–Trinajstić information content (AvgIpc) is 2.61. The van der Waals surface area contributed by atoms with Crippen LogP contribution in [0.5, 0.6) is 23.1 Å². The molecule has 2 aromatic carbocycles. The zero-order chi connectivity index (χ0) is 17.1. The summed E-state index contributed by atoms with van der Waals surface area (Å²) in [4.78, 5) is 8.33. The first-order valence-corrected chi connectivity index (χ1v) is 7.29. The van der Waals surface area contributed by atoms with Crippen molar-refractivity contribution in [1.82, 2.24) is 9.97 Å². The first-order valence-electron chi connectivity index (χ1n) is 6.92. The highest BCUT2D eigenvalue weighted by atomic mass is 35.5. The number of hydrogen-bond donors (Lipinski definition) is 0. The maximum atomic E-state index is 8.85. The van der Waals surface area contributed by atoms with Crippen LogP contribution in [0.3, 0.4) is 0 Å². The van der Waals surface area contributed by atoms with Crippen molar-refractivity contribution in [2.75, 3.05) is 14.2 Å². The fourth-order valence-electron chi connectivity index (χ4n) is 2.19. The molecule has 0 aliphatic rings. The van der Waals surface area contributed by atoms with Crippen molar-refractivity contribution in [3.63, 3.8) is 0 Å². The number of rotatable bonds is 4. The number of methoxy groups -OCH3 is 2. The normalized spacial score (nSPS) is 10.2. The molecule has 1 heterocycles. The van der Waals surface area contributed by atoms with Gasteiger partial charge in [-0.3, -0.25) is 0 Å². The Morgan fingerprint density at radius 3 is 2.29 bits per heavy atom. The number of fused-ring (bicyclic) bond motifs is 1. The minimum absolute atomic E-state index is 0.0540. The van der Waals surface area contributed by atoms with Gasteiger partial charge in [0.15, 0.2) is 11.5 Å². The van der Waals surface area contributed by atoms with Crippen LogP contribution in [0.1, 0.15) is 5.56 Å². The van der Waals surface area contributed by atoms with E-state index in [2.05, 4.69) is 16.0 Å². The van der Waals surface area contributed by atoms with Gasteiger partial charge in [-0.1, -0.05) is 0 Å². The molecule has 0 aliphatic heterocycles. The second kappa shape index (κ2) is 6.60. The van der Waals surface area contributed by atoms with Crippen molar-refractivity contribution in [1.29, 1.82) is 5.26 Å². The molecule has 120 valence electrons. The number of benzene rings is 2. The van der Waals surface area contributed by atoms with Crippen molar-refractivity contribution in [2.24, 2.45) is 0 Å². The van der Waals surface area contributed by atoms with Gasteiger partial charge in [0.05, 0.1) is 36.8 Å². The van der Waals surface area contributed by atoms with Gasteiger partial charge in [-0.25, -0.2) is 4.98 Å². The van der Waals surface area contributed by atoms with Crippen LogP contribution >= 0.6 is 11.6 Å². The lowest BCUT2D eigenvalue weighted by Gasteiger charge is -2.12. The molecule has 7 heteroatoms. The topological polar surface area (TPSA) is 77.3 Å². The summed E-state index contributed by atoms with van der Waals surface area (Å²) in [6.45, 7) is 0. The number of halogens is 1. The lowest BCUT2D eigenvalue weighted by Crippen LogP contribution is -1.96. The predicted octanol–water partition coefficient (Wildman–Crippen LogP) is 3.96. The predicted molar refractivity (Wildman–Crippen MR) is 88.9 cm³/mol. The van der Waals surface area contributed by atoms with Crippen molar-refractivity contribution >= 4 is 22.5 Å². The van der Waals surface area contributed by atoms with Crippen LogP contribution in [0.2, 0.25) is 5.28 Å². The van der Waals surface area contributed by atoms with Crippen LogP contribution in [-0.4, -0.2) is 24.2 Å². The van der Waals surface area contributed by atoms with Gasteiger partial charge in [0.25, 0.3) is 0 Å². The van der Waals surface area contributed by atoms with E-state index < -0.39 is 0 Å². The molecule has 0 atom stereocenters. The van der Waals surface area contributed by atoms with Gasteiger partial charge in [0.2, 0.25) is 11.2 Å². The Morgan fingerprint density at radius 2 is 1.67 bits per heavy atom. The molecule has 0 saturated heterocycles. The summed E-state index contributed by atoms with van der Waals surface area (Å²) in [5.74, 6) is 1.88. The highest BCUT2D eigenvalue weighted by molar-refractivity contribution is 6.28. The minimum atomic E-state index is 0.0540. The molecule has 0 radical (unpaired) electrons. The average molecular weight is 342 g/mol. The van der Waals surface area contributed by atoms with Gasteiger partial charge in [0.1, 0.15) is 5.75 Å². The molecule has 0 amide bonds. The molecule has 24 heavy (non-hydrogen) atoms. The van der Waals surface area contributed by atoms with Crippen molar-refractivity contribution in [3.8, 4) is 29.2 Å². The van der Waals surface area contributed by atoms with E-state index in [1.807, 2.05) is 0 Å². The van der Waals surface area contributed by atoms with E-state index in [1.54, 1.807) is 50.6 Å². The Balaban J connectivity index is 2.10. The Labute approximate surface area is 143 Å². The molecular weight excluding hydrogens is 330 g/mol. The Bertz CT molecular complexity index is 936. The van der Waals surface area contributed by atoms with E-state index in [4.69, 9.17) is 31.1 Å². The molecule has 6 nitrogen and oxygen atoms in total. The first kappa shape index (κ1) is 15.8. The molecule has 0 spiro atoms. The number of hydrogen-bond acceptors (Lipinski definition) is 6. The third kappa shape index (κ3) is 3.03. The molecule has 0 aliphatic carbocycles. The number of nitrogens with zero attached hydrogens (tertiary/aromatic N) is 3. The van der Waals surface area contributed by atoms with Crippen molar-refractivity contribution in [2.45, 2.75) is 0 Å². The first-order chi connectivity index (χ1) is 11.6.